The van der Waals surface area contributed by atoms with Crippen molar-refractivity contribution in [1.82, 2.24) is 20.2 Å². The van der Waals surface area contributed by atoms with E-state index in [1.165, 1.54) is 18.3 Å². The molecule has 3 N–H and O–H groups in total. The van der Waals surface area contributed by atoms with Crippen molar-refractivity contribution in [2.75, 3.05) is 5.75 Å². The SMILES string of the molecule is O=C(CSc1ncc(CO)n1CC(=O)NCc1ccc(Cl)cc1)NCc1ccc(F)cc1. The summed E-state index contributed by atoms with van der Waals surface area (Å²) >= 11 is 7.02. The number of nitrogens with zero attached hydrogens (tertiary/aromatic N) is 2. The van der Waals surface area contributed by atoms with Gasteiger partial charge in [0.25, 0.3) is 0 Å². The fourth-order valence-electron chi connectivity index (χ4n) is 2.79. The Morgan fingerprint density at radius 1 is 1.00 bits per heavy atom. The monoisotopic (exact) mass is 476 g/mol. The van der Waals surface area contributed by atoms with Gasteiger partial charge in [0.2, 0.25) is 11.8 Å². The molecule has 0 spiro atoms. The van der Waals surface area contributed by atoms with E-state index in [1.807, 2.05) is 12.1 Å². The Kier molecular flexibility index (Phi) is 8.66. The molecule has 3 aromatic rings. The molecule has 0 aliphatic heterocycles. The van der Waals surface area contributed by atoms with Crippen molar-refractivity contribution in [3.05, 3.63) is 82.4 Å². The number of hydrogen-bond acceptors (Lipinski definition) is 5. The Hall–Kier alpha value is -2.88. The van der Waals surface area contributed by atoms with Crippen LogP contribution >= 0.6 is 23.4 Å². The second kappa shape index (κ2) is 11.7. The molecule has 0 atom stereocenters. The van der Waals surface area contributed by atoms with Gasteiger partial charge in [0.1, 0.15) is 12.4 Å². The molecular weight excluding hydrogens is 455 g/mol. The minimum absolute atomic E-state index is 0.0387. The van der Waals surface area contributed by atoms with Crippen molar-refractivity contribution in [2.24, 2.45) is 0 Å². The molecule has 10 heteroatoms. The van der Waals surface area contributed by atoms with Crippen molar-refractivity contribution in [1.29, 1.82) is 0 Å². The lowest BCUT2D eigenvalue weighted by atomic mass is 10.2. The van der Waals surface area contributed by atoms with Crippen LogP contribution in [-0.2, 0) is 35.8 Å². The van der Waals surface area contributed by atoms with Gasteiger partial charge in [-0.05, 0) is 35.4 Å². The molecule has 0 bridgehead atoms. The minimum atomic E-state index is -0.334. The van der Waals surface area contributed by atoms with Crippen LogP contribution in [0.4, 0.5) is 4.39 Å². The average Bonchev–Trinajstić information content (AvgIpc) is 3.18. The fourth-order valence-corrected chi connectivity index (χ4v) is 3.74. The average molecular weight is 477 g/mol. The van der Waals surface area contributed by atoms with Crippen LogP contribution in [0.25, 0.3) is 0 Å². The highest BCUT2D eigenvalue weighted by molar-refractivity contribution is 7.99. The molecule has 1 aromatic heterocycles. The molecule has 2 amide bonds. The van der Waals surface area contributed by atoms with Crippen molar-refractivity contribution in [3.63, 3.8) is 0 Å². The van der Waals surface area contributed by atoms with Gasteiger partial charge in [-0.15, -0.1) is 0 Å². The second-order valence-corrected chi connectivity index (χ2v) is 8.25. The highest BCUT2D eigenvalue weighted by atomic mass is 35.5. The zero-order chi connectivity index (χ0) is 22.9. The van der Waals surface area contributed by atoms with E-state index in [0.29, 0.717) is 22.4 Å². The number of carbonyl (C=O) groups excluding carboxylic acids is 2. The number of aliphatic hydroxyl groups is 1. The number of benzene rings is 2. The number of thioether (sulfide) groups is 1. The molecule has 0 saturated carbocycles. The molecule has 0 unspecified atom stereocenters. The van der Waals surface area contributed by atoms with E-state index in [1.54, 1.807) is 28.8 Å². The first-order valence-electron chi connectivity index (χ1n) is 9.75. The molecule has 0 fully saturated rings. The van der Waals surface area contributed by atoms with Crippen LogP contribution < -0.4 is 10.6 Å². The van der Waals surface area contributed by atoms with E-state index < -0.39 is 0 Å². The fraction of sp³-hybridized carbons (Fsp3) is 0.227. The maximum atomic E-state index is 13.0. The molecule has 0 aliphatic carbocycles. The molecule has 32 heavy (non-hydrogen) atoms. The van der Waals surface area contributed by atoms with E-state index in [2.05, 4.69) is 15.6 Å². The molecule has 0 saturated heterocycles. The first-order chi connectivity index (χ1) is 15.4. The smallest absolute Gasteiger partial charge is 0.240 e. The summed E-state index contributed by atoms with van der Waals surface area (Å²) in [4.78, 5) is 28.8. The standard InChI is InChI=1S/C22H22ClFN4O3S/c23-17-5-1-15(2-6-17)9-25-20(30)12-28-19(13-29)11-27-22(28)32-14-21(31)26-10-16-3-7-18(24)8-4-16/h1-8,11,29H,9-10,12-14H2,(H,25,30)(H,26,31). The third kappa shape index (κ3) is 7.08. The van der Waals surface area contributed by atoms with E-state index >= 15 is 0 Å². The van der Waals surface area contributed by atoms with Crippen LogP contribution in [0, 0.1) is 5.82 Å². The van der Waals surface area contributed by atoms with Crippen molar-refractivity contribution in [3.8, 4) is 0 Å². The van der Waals surface area contributed by atoms with E-state index in [4.69, 9.17) is 11.6 Å². The zero-order valence-corrected chi connectivity index (χ0v) is 18.6. The number of rotatable bonds is 10. The van der Waals surface area contributed by atoms with Crippen LogP contribution in [0.1, 0.15) is 16.8 Å². The largest absolute Gasteiger partial charge is 0.390 e. The van der Waals surface area contributed by atoms with Gasteiger partial charge in [0.05, 0.1) is 24.3 Å². The number of nitrogens with one attached hydrogen (secondary N) is 2. The highest BCUT2D eigenvalue weighted by Crippen LogP contribution is 2.19. The number of hydrogen-bond donors (Lipinski definition) is 3. The number of carbonyl (C=O) groups is 2. The summed E-state index contributed by atoms with van der Waals surface area (Å²) in [7, 11) is 0. The highest BCUT2D eigenvalue weighted by Gasteiger charge is 2.15. The number of aromatic nitrogens is 2. The van der Waals surface area contributed by atoms with Gasteiger partial charge >= 0.3 is 0 Å². The first-order valence-corrected chi connectivity index (χ1v) is 11.1. The molecule has 168 valence electrons. The Labute approximate surface area is 194 Å². The molecular formula is C22H22ClFN4O3S. The second-order valence-electron chi connectivity index (χ2n) is 6.87. The Morgan fingerprint density at radius 2 is 1.59 bits per heavy atom. The number of imidazole rings is 1. The third-order valence-corrected chi connectivity index (χ3v) is 5.75. The molecule has 0 aliphatic rings. The molecule has 7 nitrogen and oxygen atoms in total. The zero-order valence-electron chi connectivity index (χ0n) is 17.1. The lowest BCUT2D eigenvalue weighted by Crippen LogP contribution is -2.28. The Bertz CT molecular complexity index is 1060. The lowest BCUT2D eigenvalue weighted by molar-refractivity contribution is -0.122. The molecule has 1 heterocycles. The number of halogens is 2. The van der Waals surface area contributed by atoms with E-state index in [9.17, 15) is 19.1 Å². The van der Waals surface area contributed by atoms with Gasteiger partial charge in [0.15, 0.2) is 5.16 Å². The summed E-state index contributed by atoms with van der Waals surface area (Å²) in [5.41, 5.74) is 2.16. The molecule has 2 aromatic carbocycles. The maximum Gasteiger partial charge on any atom is 0.240 e. The van der Waals surface area contributed by atoms with Gasteiger partial charge in [-0.3, -0.25) is 9.59 Å². The van der Waals surface area contributed by atoms with Crippen molar-refractivity contribution < 1.29 is 19.1 Å². The van der Waals surface area contributed by atoms with Crippen LogP contribution in [0.3, 0.4) is 0 Å². The molecule has 0 radical (unpaired) electrons. The minimum Gasteiger partial charge on any atom is -0.390 e. The topological polar surface area (TPSA) is 96.2 Å². The van der Waals surface area contributed by atoms with Crippen LogP contribution in [0.2, 0.25) is 5.02 Å². The van der Waals surface area contributed by atoms with Gasteiger partial charge in [-0.1, -0.05) is 47.6 Å². The summed E-state index contributed by atoms with van der Waals surface area (Å²) in [6.45, 7) is 0.300. The van der Waals surface area contributed by atoms with E-state index in [0.717, 1.165) is 22.9 Å². The quantitative estimate of drug-likeness (QED) is 0.391. The lowest BCUT2D eigenvalue weighted by Gasteiger charge is -2.11. The summed E-state index contributed by atoms with van der Waals surface area (Å²) in [6, 6.07) is 13.0. The summed E-state index contributed by atoms with van der Waals surface area (Å²) < 4.78 is 14.5. The first kappa shape index (κ1) is 23.8. The van der Waals surface area contributed by atoms with Gasteiger partial charge < -0.3 is 20.3 Å². The van der Waals surface area contributed by atoms with Crippen molar-refractivity contribution in [2.45, 2.75) is 31.4 Å². The van der Waals surface area contributed by atoms with Gasteiger partial charge in [0, 0.05) is 18.1 Å². The Balaban J connectivity index is 1.51. The maximum absolute atomic E-state index is 13.0. The van der Waals surface area contributed by atoms with Gasteiger partial charge in [-0.2, -0.15) is 0 Å². The summed E-state index contributed by atoms with van der Waals surface area (Å²) in [5.74, 6) is -0.739. The van der Waals surface area contributed by atoms with Crippen molar-refractivity contribution >= 4 is 35.2 Å². The van der Waals surface area contributed by atoms with Crippen LogP contribution in [0.15, 0.2) is 59.9 Å². The number of amides is 2. The van der Waals surface area contributed by atoms with E-state index in [-0.39, 0.29) is 43.1 Å². The predicted molar refractivity (Wildman–Crippen MR) is 120 cm³/mol. The predicted octanol–water partition coefficient (Wildman–Crippen LogP) is 2.89. The summed E-state index contributed by atoms with van der Waals surface area (Å²) in [6.07, 6.45) is 1.48. The number of aliphatic hydroxyl groups excluding tert-OH is 1. The van der Waals surface area contributed by atoms with Crippen LogP contribution in [0.5, 0.6) is 0 Å². The normalized spacial score (nSPS) is 10.7. The third-order valence-electron chi connectivity index (χ3n) is 4.50. The van der Waals surface area contributed by atoms with Crippen LogP contribution in [-0.4, -0.2) is 32.2 Å². The summed E-state index contributed by atoms with van der Waals surface area (Å²) in [5, 5.41) is 16.2. The molecule has 3 rings (SSSR count). The Morgan fingerprint density at radius 3 is 2.22 bits per heavy atom. The van der Waals surface area contributed by atoms with Gasteiger partial charge in [-0.25, -0.2) is 9.37 Å².